The molecule has 0 saturated heterocycles. The second-order valence-electron chi connectivity index (χ2n) is 4.49. The molecule has 4 heteroatoms. The molecule has 1 N–H and O–H groups in total. The van der Waals surface area contributed by atoms with E-state index in [2.05, 4.69) is 0 Å². The molecule has 2 aromatic rings. The molecule has 0 fully saturated rings. The fourth-order valence-corrected chi connectivity index (χ4v) is 1.88. The van der Waals surface area contributed by atoms with Gasteiger partial charge in [0.15, 0.2) is 0 Å². The number of carbonyl (C=O) groups is 2. The third kappa shape index (κ3) is 3.23. The fraction of sp³-hybridized carbons (Fsp3) is 0.125. The van der Waals surface area contributed by atoms with Crippen LogP contribution >= 0.6 is 0 Å². The zero-order valence-corrected chi connectivity index (χ0v) is 11.1. The summed E-state index contributed by atoms with van der Waals surface area (Å²) in [7, 11) is 0. The Kier molecular flexibility index (Phi) is 4.15. The molecule has 2 rings (SSSR count). The molecular weight excluding hydrogens is 254 g/mol. The van der Waals surface area contributed by atoms with Crippen molar-refractivity contribution in [3.8, 4) is 0 Å². The minimum absolute atomic E-state index is 0.322. The van der Waals surface area contributed by atoms with Crippen molar-refractivity contribution in [2.45, 2.75) is 6.92 Å². The van der Waals surface area contributed by atoms with Gasteiger partial charge in [-0.1, -0.05) is 35.9 Å². The van der Waals surface area contributed by atoms with Crippen LogP contribution in [0.1, 0.15) is 15.9 Å². The van der Waals surface area contributed by atoms with E-state index in [1.807, 2.05) is 25.1 Å². The van der Waals surface area contributed by atoms with Crippen LogP contribution < -0.4 is 4.90 Å². The highest BCUT2D eigenvalue weighted by Gasteiger charge is 2.19. The molecule has 0 spiro atoms. The van der Waals surface area contributed by atoms with Gasteiger partial charge in [0.1, 0.15) is 6.54 Å². The number of aliphatic carboxylic acids is 1. The van der Waals surface area contributed by atoms with Gasteiger partial charge in [0.05, 0.1) is 0 Å². The summed E-state index contributed by atoms with van der Waals surface area (Å²) in [4.78, 5) is 24.7. The smallest absolute Gasteiger partial charge is 0.323 e. The maximum Gasteiger partial charge on any atom is 0.323 e. The van der Waals surface area contributed by atoms with Crippen molar-refractivity contribution in [2.24, 2.45) is 0 Å². The van der Waals surface area contributed by atoms with Gasteiger partial charge in [-0.05, 0) is 31.2 Å². The van der Waals surface area contributed by atoms with E-state index >= 15 is 0 Å². The molecule has 20 heavy (non-hydrogen) atoms. The summed E-state index contributed by atoms with van der Waals surface area (Å²) >= 11 is 0. The molecule has 0 saturated carbocycles. The number of hydrogen-bond donors (Lipinski definition) is 1. The van der Waals surface area contributed by atoms with Gasteiger partial charge >= 0.3 is 5.97 Å². The number of nitrogens with zero attached hydrogens (tertiary/aromatic N) is 1. The molecule has 2 aromatic carbocycles. The van der Waals surface area contributed by atoms with Crippen LogP contribution in [0.3, 0.4) is 0 Å². The first-order valence-corrected chi connectivity index (χ1v) is 6.23. The molecule has 0 atom stereocenters. The molecule has 0 bridgehead atoms. The van der Waals surface area contributed by atoms with Crippen LogP contribution in [0.4, 0.5) is 5.69 Å². The van der Waals surface area contributed by atoms with Gasteiger partial charge in [0, 0.05) is 11.3 Å². The number of anilines is 1. The molecule has 102 valence electrons. The summed E-state index contributed by atoms with van der Waals surface area (Å²) in [5, 5.41) is 9.00. The molecule has 0 unspecified atom stereocenters. The van der Waals surface area contributed by atoms with E-state index < -0.39 is 5.97 Å². The fourth-order valence-electron chi connectivity index (χ4n) is 1.88. The number of aryl methyl sites for hydroxylation is 1. The maximum atomic E-state index is 12.4. The second-order valence-corrected chi connectivity index (χ2v) is 4.49. The predicted octanol–water partition coefficient (Wildman–Crippen LogP) is 2.73. The Balaban J connectivity index is 2.35. The lowest BCUT2D eigenvalue weighted by Crippen LogP contribution is -2.35. The quantitative estimate of drug-likeness (QED) is 0.928. The van der Waals surface area contributed by atoms with Crippen molar-refractivity contribution >= 4 is 17.6 Å². The minimum Gasteiger partial charge on any atom is -0.480 e. The zero-order valence-electron chi connectivity index (χ0n) is 11.1. The summed E-state index contributed by atoms with van der Waals surface area (Å²) in [6.07, 6.45) is 0. The van der Waals surface area contributed by atoms with Crippen LogP contribution in [0.2, 0.25) is 0 Å². The van der Waals surface area contributed by atoms with E-state index in [0.29, 0.717) is 11.3 Å². The highest BCUT2D eigenvalue weighted by Crippen LogP contribution is 2.18. The Bertz CT molecular complexity index is 605. The lowest BCUT2D eigenvalue weighted by Gasteiger charge is -2.21. The van der Waals surface area contributed by atoms with E-state index in [0.717, 1.165) is 5.56 Å². The second kappa shape index (κ2) is 6.02. The van der Waals surface area contributed by atoms with Gasteiger partial charge in [-0.3, -0.25) is 14.5 Å². The average Bonchev–Trinajstić information content (AvgIpc) is 2.46. The van der Waals surface area contributed by atoms with E-state index in [9.17, 15) is 9.59 Å². The first kappa shape index (κ1) is 13.8. The van der Waals surface area contributed by atoms with Crippen molar-refractivity contribution < 1.29 is 14.7 Å². The summed E-state index contributed by atoms with van der Waals surface area (Å²) in [6, 6.07) is 15.9. The van der Waals surface area contributed by atoms with Crippen LogP contribution in [0.25, 0.3) is 0 Å². The van der Waals surface area contributed by atoms with Gasteiger partial charge in [-0.15, -0.1) is 0 Å². The van der Waals surface area contributed by atoms with E-state index in [1.165, 1.54) is 4.90 Å². The standard InChI is InChI=1S/C16H15NO3/c1-12-7-9-14(10-8-12)17(11-15(18)19)16(20)13-5-3-2-4-6-13/h2-10H,11H2,1H3,(H,18,19). The maximum absolute atomic E-state index is 12.4. The first-order chi connectivity index (χ1) is 9.58. The normalized spacial score (nSPS) is 10.1. The van der Waals surface area contributed by atoms with E-state index in [1.54, 1.807) is 36.4 Å². The van der Waals surface area contributed by atoms with Crippen LogP contribution in [0, 0.1) is 6.92 Å². The topological polar surface area (TPSA) is 57.6 Å². The predicted molar refractivity (Wildman–Crippen MR) is 76.9 cm³/mol. The third-order valence-corrected chi connectivity index (χ3v) is 2.90. The third-order valence-electron chi connectivity index (χ3n) is 2.90. The van der Waals surface area contributed by atoms with Gasteiger partial charge in [0.2, 0.25) is 0 Å². The lowest BCUT2D eigenvalue weighted by molar-refractivity contribution is -0.135. The van der Waals surface area contributed by atoms with Crippen molar-refractivity contribution in [3.05, 3.63) is 65.7 Å². The van der Waals surface area contributed by atoms with Gasteiger partial charge in [-0.25, -0.2) is 0 Å². The number of carboxylic acid groups (broad SMARTS) is 1. The van der Waals surface area contributed by atoms with Crippen molar-refractivity contribution in [2.75, 3.05) is 11.4 Å². The number of carboxylic acids is 1. The van der Waals surface area contributed by atoms with Crippen LogP contribution in [0.5, 0.6) is 0 Å². The highest BCUT2D eigenvalue weighted by molar-refractivity contribution is 6.08. The van der Waals surface area contributed by atoms with Crippen LogP contribution in [-0.4, -0.2) is 23.5 Å². The number of benzene rings is 2. The number of amides is 1. The van der Waals surface area contributed by atoms with Gasteiger partial charge < -0.3 is 5.11 Å². The summed E-state index contributed by atoms with van der Waals surface area (Å²) in [5.74, 6) is -1.37. The monoisotopic (exact) mass is 269 g/mol. The number of hydrogen-bond acceptors (Lipinski definition) is 2. The Morgan fingerprint density at radius 1 is 1.00 bits per heavy atom. The van der Waals surface area contributed by atoms with E-state index in [4.69, 9.17) is 5.11 Å². The van der Waals surface area contributed by atoms with Crippen LogP contribution in [-0.2, 0) is 4.79 Å². The summed E-state index contributed by atoms with van der Waals surface area (Å²) in [5.41, 5.74) is 2.09. The first-order valence-electron chi connectivity index (χ1n) is 6.23. The van der Waals surface area contributed by atoms with Crippen molar-refractivity contribution in [1.82, 2.24) is 0 Å². The number of carbonyl (C=O) groups excluding carboxylic acids is 1. The molecule has 0 aliphatic rings. The zero-order chi connectivity index (χ0) is 14.5. The molecule has 4 nitrogen and oxygen atoms in total. The lowest BCUT2D eigenvalue weighted by atomic mass is 10.1. The Morgan fingerprint density at radius 3 is 2.15 bits per heavy atom. The minimum atomic E-state index is -1.05. The van der Waals surface area contributed by atoms with E-state index in [-0.39, 0.29) is 12.5 Å². The highest BCUT2D eigenvalue weighted by atomic mass is 16.4. The summed E-state index contributed by atoms with van der Waals surface area (Å²) in [6.45, 7) is 1.57. The average molecular weight is 269 g/mol. The Morgan fingerprint density at radius 2 is 1.60 bits per heavy atom. The molecule has 0 heterocycles. The van der Waals surface area contributed by atoms with Crippen LogP contribution in [0.15, 0.2) is 54.6 Å². The molecule has 0 aromatic heterocycles. The largest absolute Gasteiger partial charge is 0.480 e. The summed E-state index contributed by atoms with van der Waals surface area (Å²) < 4.78 is 0. The molecule has 0 aliphatic heterocycles. The molecule has 0 radical (unpaired) electrons. The Hall–Kier alpha value is -2.62. The number of rotatable bonds is 4. The van der Waals surface area contributed by atoms with Gasteiger partial charge in [-0.2, -0.15) is 0 Å². The Labute approximate surface area is 117 Å². The molecule has 1 amide bonds. The SMILES string of the molecule is Cc1ccc(N(CC(=O)O)C(=O)c2ccccc2)cc1. The van der Waals surface area contributed by atoms with Gasteiger partial charge in [0.25, 0.3) is 5.91 Å². The van der Waals surface area contributed by atoms with Crippen molar-refractivity contribution in [3.63, 3.8) is 0 Å². The molecular formula is C16H15NO3. The molecule has 0 aliphatic carbocycles. The van der Waals surface area contributed by atoms with Crippen molar-refractivity contribution in [1.29, 1.82) is 0 Å².